The Morgan fingerprint density at radius 3 is 2.67 bits per heavy atom. The van der Waals surface area contributed by atoms with Crippen LogP contribution in [-0.2, 0) is 17.9 Å². The number of benzene rings is 1. The van der Waals surface area contributed by atoms with E-state index in [1.165, 1.54) is 25.0 Å². The van der Waals surface area contributed by atoms with Gasteiger partial charge in [-0.3, -0.25) is 9.69 Å². The van der Waals surface area contributed by atoms with Crippen molar-refractivity contribution in [3.63, 3.8) is 0 Å². The number of hydrogen-bond donors (Lipinski definition) is 1. The third kappa shape index (κ3) is 5.32. The molecule has 1 atom stereocenters. The number of carbonyl (C=O) groups excluding carboxylic acids is 1. The Hall–Kier alpha value is -2.35. The van der Waals surface area contributed by atoms with E-state index in [0.29, 0.717) is 18.8 Å². The van der Waals surface area contributed by atoms with Crippen molar-refractivity contribution in [3.05, 3.63) is 41.5 Å². The maximum Gasteiger partial charge on any atom is 0.242 e. The lowest BCUT2D eigenvalue weighted by atomic mass is 9.99. The molecule has 3 rings (SSSR count). The minimum atomic E-state index is -0.287. The average Bonchev–Trinajstić information content (AvgIpc) is 3.09. The van der Waals surface area contributed by atoms with Gasteiger partial charge in [0.25, 0.3) is 0 Å². The van der Waals surface area contributed by atoms with Gasteiger partial charge in [-0.05, 0) is 66.4 Å². The van der Waals surface area contributed by atoms with Gasteiger partial charge >= 0.3 is 0 Å². The molecule has 1 unspecified atom stereocenters. The number of rotatable bonds is 7. The molecule has 27 heavy (non-hydrogen) atoms. The molecular weight excluding hydrogens is 347 g/mol. The zero-order valence-electron chi connectivity index (χ0n) is 15.9. The fourth-order valence-corrected chi connectivity index (χ4v) is 3.37. The van der Waals surface area contributed by atoms with Crippen LogP contribution in [0.15, 0.2) is 24.3 Å². The fraction of sp³-hybridized carbons (Fsp3) is 0.579. The molecule has 2 aromatic rings. The standard InChI is InChI=1S/C19H27FN6O/c1-3-17(15-4-6-16(20)7-5-15)21-19(27)13-26-18(22-23-24-26)12-25-10-8-14(2)9-11-25/h4-7,14,17H,3,8-13H2,1-2H3,(H,21,27). The zero-order valence-corrected chi connectivity index (χ0v) is 15.9. The van der Waals surface area contributed by atoms with Gasteiger partial charge in [0.15, 0.2) is 5.82 Å². The van der Waals surface area contributed by atoms with Gasteiger partial charge in [0.1, 0.15) is 12.4 Å². The van der Waals surface area contributed by atoms with Gasteiger partial charge in [0.05, 0.1) is 12.6 Å². The normalized spacial score (nSPS) is 17.0. The van der Waals surface area contributed by atoms with Crippen molar-refractivity contribution >= 4 is 5.91 Å². The minimum absolute atomic E-state index is 0.0737. The van der Waals surface area contributed by atoms with Crippen molar-refractivity contribution in [2.24, 2.45) is 5.92 Å². The van der Waals surface area contributed by atoms with Crippen LogP contribution in [0.5, 0.6) is 0 Å². The van der Waals surface area contributed by atoms with Gasteiger partial charge in [-0.2, -0.15) is 0 Å². The van der Waals surface area contributed by atoms with Crippen LogP contribution < -0.4 is 5.32 Å². The highest BCUT2D eigenvalue weighted by atomic mass is 19.1. The summed E-state index contributed by atoms with van der Waals surface area (Å²) in [5, 5.41) is 14.8. The first kappa shape index (κ1) is 19.4. The molecule has 1 aromatic carbocycles. The Morgan fingerprint density at radius 1 is 1.30 bits per heavy atom. The van der Waals surface area contributed by atoms with Crippen LogP contribution in [0.25, 0.3) is 0 Å². The molecule has 0 saturated carbocycles. The molecule has 1 aliphatic heterocycles. The van der Waals surface area contributed by atoms with Crippen LogP contribution in [0, 0.1) is 11.7 Å². The Bertz CT molecular complexity index is 739. The second-order valence-corrected chi connectivity index (χ2v) is 7.29. The van der Waals surface area contributed by atoms with Crippen molar-refractivity contribution < 1.29 is 9.18 Å². The number of nitrogens with zero attached hydrogens (tertiary/aromatic N) is 5. The van der Waals surface area contributed by atoms with E-state index in [1.807, 2.05) is 6.92 Å². The second kappa shape index (κ2) is 9.03. The Kier molecular flexibility index (Phi) is 6.49. The number of amides is 1. The molecule has 0 bridgehead atoms. The Balaban J connectivity index is 1.57. The molecule has 146 valence electrons. The van der Waals surface area contributed by atoms with E-state index in [0.717, 1.165) is 24.6 Å². The largest absolute Gasteiger partial charge is 0.348 e. The lowest BCUT2D eigenvalue weighted by Gasteiger charge is -2.29. The zero-order chi connectivity index (χ0) is 19.2. The van der Waals surface area contributed by atoms with E-state index in [4.69, 9.17) is 0 Å². The smallest absolute Gasteiger partial charge is 0.242 e. The highest BCUT2D eigenvalue weighted by molar-refractivity contribution is 5.76. The van der Waals surface area contributed by atoms with E-state index in [2.05, 4.69) is 32.7 Å². The monoisotopic (exact) mass is 374 g/mol. The molecule has 1 amide bonds. The summed E-state index contributed by atoms with van der Waals surface area (Å²) >= 11 is 0. The fourth-order valence-electron chi connectivity index (χ4n) is 3.37. The number of tetrazole rings is 1. The highest BCUT2D eigenvalue weighted by Crippen LogP contribution is 2.18. The van der Waals surface area contributed by atoms with E-state index in [1.54, 1.807) is 16.8 Å². The number of halogens is 1. The first-order chi connectivity index (χ1) is 13.0. The minimum Gasteiger partial charge on any atom is -0.348 e. The molecule has 0 radical (unpaired) electrons. The van der Waals surface area contributed by atoms with Gasteiger partial charge in [-0.15, -0.1) is 5.10 Å². The summed E-state index contributed by atoms with van der Waals surface area (Å²) in [6, 6.07) is 6.04. The average molecular weight is 374 g/mol. The summed E-state index contributed by atoms with van der Waals surface area (Å²) in [6.45, 7) is 7.04. The van der Waals surface area contributed by atoms with Gasteiger partial charge in [-0.25, -0.2) is 9.07 Å². The van der Waals surface area contributed by atoms with E-state index in [9.17, 15) is 9.18 Å². The quantitative estimate of drug-likeness (QED) is 0.805. The first-order valence-electron chi connectivity index (χ1n) is 9.57. The van der Waals surface area contributed by atoms with Crippen molar-refractivity contribution in [1.82, 2.24) is 30.4 Å². The molecule has 1 saturated heterocycles. The summed E-state index contributed by atoms with van der Waals surface area (Å²) < 4.78 is 14.7. The lowest BCUT2D eigenvalue weighted by Crippen LogP contribution is -2.35. The molecule has 1 fully saturated rings. The van der Waals surface area contributed by atoms with Gasteiger partial charge in [0.2, 0.25) is 5.91 Å². The SMILES string of the molecule is CCC(NC(=O)Cn1nnnc1CN1CCC(C)CC1)c1ccc(F)cc1. The molecule has 2 heterocycles. The van der Waals surface area contributed by atoms with Crippen LogP contribution in [-0.4, -0.2) is 44.1 Å². The van der Waals surface area contributed by atoms with Crippen molar-refractivity contribution in [1.29, 1.82) is 0 Å². The van der Waals surface area contributed by atoms with E-state index >= 15 is 0 Å². The van der Waals surface area contributed by atoms with Gasteiger partial charge in [-0.1, -0.05) is 26.0 Å². The summed E-state index contributed by atoms with van der Waals surface area (Å²) in [6.07, 6.45) is 3.07. The Morgan fingerprint density at radius 2 is 2.00 bits per heavy atom. The maximum absolute atomic E-state index is 13.1. The number of aromatic nitrogens is 4. The van der Waals surface area contributed by atoms with E-state index in [-0.39, 0.29) is 24.3 Å². The van der Waals surface area contributed by atoms with Gasteiger partial charge < -0.3 is 5.32 Å². The molecular formula is C19H27FN6O. The summed E-state index contributed by atoms with van der Waals surface area (Å²) in [4.78, 5) is 14.8. The summed E-state index contributed by atoms with van der Waals surface area (Å²) in [5.74, 6) is 1.02. The third-order valence-corrected chi connectivity index (χ3v) is 5.16. The van der Waals surface area contributed by atoms with Crippen LogP contribution in [0.4, 0.5) is 4.39 Å². The predicted molar refractivity (Wildman–Crippen MR) is 99.1 cm³/mol. The number of hydrogen-bond acceptors (Lipinski definition) is 5. The molecule has 1 aromatic heterocycles. The molecule has 7 nitrogen and oxygen atoms in total. The van der Waals surface area contributed by atoms with E-state index < -0.39 is 0 Å². The van der Waals surface area contributed by atoms with Crippen molar-refractivity contribution in [2.75, 3.05) is 13.1 Å². The molecule has 8 heteroatoms. The van der Waals surface area contributed by atoms with Crippen molar-refractivity contribution in [3.8, 4) is 0 Å². The number of likely N-dealkylation sites (tertiary alicyclic amines) is 1. The molecule has 0 aliphatic carbocycles. The lowest BCUT2D eigenvalue weighted by molar-refractivity contribution is -0.122. The first-order valence-corrected chi connectivity index (χ1v) is 9.57. The van der Waals surface area contributed by atoms with Crippen LogP contribution in [0.2, 0.25) is 0 Å². The van der Waals surface area contributed by atoms with Crippen molar-refractivity contribution in [2.45, 2.75) is 52.2 Å². The topological polar surface area (TPSA) is 75.9 Å². The summed E-state index contributed by atoms with van der Waals surface area (Å²) in [5.41, 5.74) is 0.881. The van der Waals surface area contributed by atoms with Gasteiger partial charge in [0, 0.05) is 0 Å². The second-order valence-electron chi connectivity index (χ2n) is 7.29. The van der Waals surface area contributed by atoms with Crippen LogP contribution in [0.1, 0.15) is 50.5 Å². The molecule has 1 N–H and O–H groups in total. The van der Waals surface area contributed by atoms with Crippen LogP contribution in [0.3, 0.4) is 0 Å². The summed E-state index contributed by atoms with van der Waals surface area (Å²) in [7, 11) is 0. The molecule has 0 spiro atoms. The third-order valence-electron chi connectivity index (χ3n) is 5.16. The maximum atomic E-state index is 13.1. The highest BCUT2D eigenvalue weighted by Gasteiger charge is 2.20. The predicted octanol–water partition coefficient (Wildman–Crippen LogP) is 2.31. The molecule has 1 aliphatic rings. The number of carbonyl (C=O) groups is 1. The Labute approximate surface area is 158 Å². The number of piperidine rings is 1. The van der Waals surface area contributed by atoms with Crippen LogP contribution >= 0.6 is 0 Å². The number of nitrogens with one attached hydrogen (secondary N) is 1.